The second kappa shape index (κ2) is 8.07. The fraction of sp³-hybridized carbons (Fsp3) is 0.286. The molecule has 0 aliphatic carbocycles. The van der Waals surface area contributed by atoms with Crippen molar-refractivity contribution in [2.45, 2.75) is 19.5 Å². The van der Waals surface area contributed by atoms with Gasteiger partial charge in [0.1, 0.15) is 16.8 Å². The lowest BCUT2D eigenvalue weighted by molar-refractivity contribution is 0.102. The van der Waals surface area contributed by atoms with Crippen molar-refractivity contribution in [3.8, 4) is 11.8 Å². The van der Waals surface area contributed by atoms with E-state index in [1.165, 1.54) is 23.1 Å². The number of aromatic nitrogens is 2. The van der Waals surface area contributed by atoms with Crippen LogP contribution in [0.3, 0.4) is 0 Å². The highest BCUT2D eigenvalue weighted by atomic mass is 32.1. The summed E-state index contributed by atoms with van der Waals surface area (Å²) in [6, 6.07) is 10.4. The molecule has 1 aliphatic rings. The predicted molar refractivity (Wildman–Crippen MR) is 111 cm³/mol. The summed E-state index contributed by atoms with van der Waals surface area (Å²) >= 11 is 1.49. The van der Waals surface area contributed by atoms with Crippen molar-refractivity contribution in [1.82, 2.24) is 14.7 Å². The summed E-state index contributed by atoms with van der Waals surface area (Å²) in [5, 5.41) is 17.2. The second-order valence-corrected chi connectivity index (χ2v) is 8.09. The van der Waals surface area contributed by atoms with Gasteiger partial charge in [0.15, 0.2) is 0 Å². The van der Waals surface area contributed by atoms with Crippen molar-refractivity contribution in [3.63, 3.8) is 0 Å². The summed E-state index contributed by atoms with van der Waals surface area (Å²) in [7, 11) is 3.43. The second-order valence-electron chi connectivity index (χ2n) is 6.99. The number of nitrogens with zero attached hydrogens (tertiary/aromatic N) is 4. The van der Waals surface area contributed by atoms with Crippen LogP contribution in [0.15, 0.2) is 36.7 Å². The fourth-order valence-electron chi connectivity index (χ4n) is 3.54. The molecule has 7 nitrogen and oxygen atoms in total. The molecule has 1 N–H and O–H groups in total. The van der Waals surface area contributed by atoms with Gasteiger partial charge in [0.25, 0.3) is 5.91 Å². The monoisotopic (exact) mass is 407 g/mol. The average molecular weight is 407 g/mol. The Bertz CT molecular complexity index is 1090. The van der Waals surface area contributed by atoms with Gasteiger partial charge in [-0.05, 0) is 29.7 Å². The van der Waals surface area contributed by atoms with Crippen molar-refractivity contribution >= 4 is 22.2 Å². The maximum atomic E-state index is 12.5. The number of nitriles is 1. The number of methoxy groups -OCH3 is 1. The summed E-state index contributed by atoms with van der Waals surface area (Å²) in [6.07, 6.45) is 3.97. The molecule has 2 aromatic heterocycles. The maximum absolute atomic E-state index is 12.5. The fourth-order valence-corrected chi connectivity index (χ4v) is 4.78. The summed E-state index contributed by atoms with van der Waals surface area (Å²) in [5.74, 6) is 0.602. The lowest BCUT2D eigenvalue weighted by Gasteiger charge is -2.26. The molecule has 0 spiro atoms. The number of carbonyl (C=O) groups excluding carboxylic acids is 1. The highest BCUT2D eigenvalue weighted by molar-refractivity contribution is 7.16. The number of nitrogens with one attached hydrogen (secondary N) is 1. The molecule has 0 atom stereocenters. The third-order valence-electron chi connectivity index (χ3n) is 4.98. The number of anilines is 1. The first-order chi connectivity index (χ1) is 14.1. The van der Waals surface area contributed by atoms with E-state index in [1.54, 1.807) is 25.0 Å². The van der Waals surface area contributed by atoms with Crippen LogP contribution < -0.4 is 10.1 Å². The highest BCUT2D eigenvalue weighted by Gasteiger charge is 2.25. The molecule has 148 valence electrons. The molecule has 1 amide bonds. The van der Waals surface area contributed by atoms with Gasteiger partial charge in [0.05, 0.1) is 24.4 Å². The minimum atomic E-state index is -0.249. The Labute approximate surface area is 173 Å². The van der Waals surface area contributed by atoms with E-state index in [1.807, 2.05) is 18.2 Å². The Hall–Kier alpha value is -3.15. The van der Waals surface area contributed by atoms with Crippen LogP contribution in [0.25, 0.3) is 0 Å². The van der Waals surface area contributed by atoms with Gasteiger partial charge in [-0.1, -0.05) is 12.1 Å². The van der Waals surface area contributed by atoms with Gasteiger partial charge in [-0.3, -0.25) is 14.4 Å². The molecule has 3 heterocycles. The summed E-state index contributed by atoms with van der Waals surface area (Å²) < 4.78 is 6.89. The number of fused-ring (bicyclic) bond motifs is 1. The molecule has 0 saturated carbocycles. The molecule has 1 aliphatic heterocycles. The number of hydrogen-bond donors (Lipinski definition) is 1. The largest absolute Gasteiger partial charge is 0.497 e. The van der Waals surface area contributed by atoms with Crippen LogP contribution in [0.5, 0.6) is 5.75 Å². The van der Waals surface area contributed by atoms with Gasteiger partial charge in [-0.2, -0.15) is 10.4 Å². The Morgan fingerprint density at radius 2 is 2.31 bits per heavy atom. The molecule has 0 saturated heterocycles. The Balaban J connectivity index is 1.51. The van der Waals surface area contributed by atoms with Crippen molar-refractivity contribution in [1.29, 1.82) is 5.26 Å². The molecule has 3 aromatic rings. The highest BCUT2D eigenvalue weighted by Crippen LogP contribution is 2.37. The Morgan fingerprint density at radius 1 is 1.45 bits per heavy atom. The van der Waals surface area contributed by atoms with Gasteiger partial charge in [-0.15, -0.1) is 11.3 Å². The number of rotatable bonds is 5. The maximum Gasteiger partial charge on any atom is 0.259 e. The predicted octanol–water partition coefficient (Wildman–Crippen LogP) is 3.17. The van der Waals surface area contributed by atoms with E-state index in [2.05, 4.69) is 27.5 Å². The van der Waals surface area contributed by atoms with E-state index >= 15 is 0 Å². The standard InChI is InChI=1S/C21H21N5O2S/c1-25-12-15(10-23-25)20(27)24-21-18(9-22)17-6-7-26(13-19(17)29-21)11-14-4-3-5-16(8-14)28-2/h3-5,8,10,12H,6-7,11,13H2,1-2H3,(H,24,27). The Kier molecular flexibility index (Phi) is 5.34. The lowest BCUT2D eigenvalue weighted by atomic mass is 10.0. The number of carbonyl (C=O) groups is 1. The van der Waals surface area contributed by atoms with Crippen LogP contribution in [0.2, 0.25) is 0 Å². The lowest BCUT2D eigenvalue weighted by Crippen LogP contribution is -2.29. The number of ether oxygens (including phenoxy) is 1. The van der Waals surface area contributed by atoms with Crippen LogP contribution >= 0.6 is 11.3 Å². The van der Waals surface area contributed by atoms with Crippen LogP contribution in [0.1, 0.15) is 31.9 Å². The van der Waals surface area contributed by atoms with E-state index < -0.39 is 0 Å². The van der Waals surface area contributed by atoms with E-state index in [9.17, 15) is 10.1 Å². The zero-order valence-corrected chi connectivity index (χ0v) is 17.1. The van der Waals surface area contributed by atoms with Crippen LogP contribution in [0.4, 0.5) is 5.00 Å². The summed E-state index contributed by atoms with van der Waals surface area (Å²) in [6.45, 7) is 2.44. The molecule has 0 radical (unpaired) electrons. The first-order valence-electron chi connectivity index (χ1n) is 9.27. The van der Waals surface area contributed by atoms with E-state index in [0.717, 1.165) is 42.2 Å². The van der Waals surface area contributed by atoms with Crippen LogP contribution in [-0.2, 0) is 26.6 Å². The van der Waals surface area contributed by atoms with Crippen molar-refractivity contribution in [2.24, 2.45) is 7.05 Å². The smallest absolute Gasteiger partial charge is 0.259 e. The topological polar surface area (TPSA) is 83.2 Å². The quantitative estimate of drug-likeness (QED) is 0.702. The van der Waals surface area contributed by atoms with Gasteiger partial charge in [0.2, 0.25) is 0 Å². The number of hydrogen-bond acceptors (Lipinski definition) is 6. The zero-order valence-electron chi connectivity index (χ0n) is 16.3. The first kappa shape index (κ1) is 19.2. The zero-order chi connectivity index (χ0) is 20.4. The molecular weight excluding hydrogens is 386 g/mol. The molecule has 1 aromatic carbocycles. The van der Waals surface area contributed by atoms with Gasteiger partial charge in [0, 0.05) is 37.8 Å². The van der Waals surface area contributed by atoms with Crippen molar-refractivity contribution in [3.05, 3.63) is 63.8 Å². The minimum absolute atomic E-state index is 0.249. The normalized spacial score (nSPS) is 13.6. The number of thiophene rings is 1. The molecule has 29 heavy (non-hydrogen) atoms. The summed E-state index contributed by atoms with van der Waals surface area (Å²) in [4.78, 5) is 16.0. The number of benzene rings is 1. The van der Waals surface area contributed by atoms with Crippen molar-refractivity contribution < 1.29 is 9.53 Å². The average Bonchev–Trinajstić information content (AvgIpc) is 3.30. The molecular formula is C21H21N5O2S. The molecule has 0 bridgehead atoms. The van der Waals surface area contributed by atoms with Crippen LogP contribution in [-0.4, -0.2) is 34.2 Å². The number of aryl methyl sites for hydroxylation is 1. The van der Waals surface area contributed by atoms with E-state index in [0.29, 0.717) is 16.1 Å². The minimum Gasteiger partial charge on any atom is -0.497 e. The van der Waals surface area contributed by atoms with E-state index in [4.69, 9.17) is 4.74 Å². The van der Waals surface area contributed by atoms with E-state index in [-0.39, 0.29) is 5.91 Å². The molecule has 0 unspecified atom stereocenters. The number of amides is 1. The SMILES string of the molecule is COc1cccc(CN2CCc3c(sc(NC(=O)c4cnn(C)c4)c3C#N)C2)c1. The molecule has 0 fully saturated rings. The first-order valence-corrected chi connectivity index (χ1v) is 10.1. The molecule has 4 rings (SSSR count). The van der Waals surface area contributed by atoms with Crippen molar-refractivity contribution in [2.75, 3.05) is 19.0 Å². The summed E-state index contributed by atoms with van der Waals surface area (Å²) in [5.41, 5.74) is 3.31. The van der Waals surface area contributed by atoms with Gasteiger partial charge in [-0.25, -0.2) is 0 Å². The van der Waals surface area contributed by atoms with Gasteiger partial charge >= 0.3 is 0 Å². The van der Waals surface area contributed by atoms with Gasteiger partial charge < -0.3 is 10.1 Å². The third-order valence-corrected chi connectivity index (χ3v) is 6.11. The van der Waals surface area contributed by atoms with Crippen LogP contribution in [0, 0.1) is 11.3 Å². The Morgan fingerprint density at radius 3 is 3.03 bits per heavy atom. The third kappa shape index (κ3) is 4.01. The molecule has 8 heteroatoms.